The van der Waals surface area contributed by atoms with Gasteiger partial charge in [-0.15, -0.1) is 0 Å². The van der Waals surface area contributed by atoms with E-state index in [1.54, 1.807) is 4.57 Å². The first-order valence-electron chi connectivity index (χ1n) is 6.17. The van der Waals surface area contributed by atoms with E-state index in [-0.39, 0.29) is 5.02 Å². The zero-order valence-electron chi connectivity index (χ0n) is 11.1. The number of anilines is 1. The predicted octanol–water partition coefficient (Wildman–Crippen LogP) is 4.02. The number of halogens is 2. The molecular weight excluding hydrogens is 277 g/mol. The van der Waals surface area contributed by atoms with Crippen LogP contribution in [0, 0.1) is 19.7 Å². The van der Waals surface area contributed by atoms with E-state index in [1.807, 2.05) is 26.0 Å². The number of fused-ring (bicyclic) bond motifs is 1. The molecule has 0 fully saturated rings. The SMILES string of the molecule is Cc1cc(C)cc(-n2c(N)nc3cc(Cl)c(F)cc32)c1. The van der Waals surface area contributed by atoms with Crippen molar-refractivity contribution in [2.45, 2.75) is 13.8 Å². The summed E-state index contributed by atoms with van der Waals surface area (Å²) in [5.74, 6) is -0.170. The van der Waals surface area contributed by atoms with Crippen molar-refractivity contribution in [1.29, 1.82) is 0 Å². The van der Waals surface area contributed by atoms with Gasteiger partial charge in [0.05, 0.1) is 16.1 Å². The fourth-order valence-corrected chi connectivity index (χ4v) is 2.60. The molecule has 0 radical (unpaired) electrons. The zero-order valence-corrected chi connectivity index (χ0v) is 11.9. The number of nitrogens with zero attached hydrogens (tertiary/aromatic N) is 2. The number of imidazole rings is 1. The monoisotopic (exact) mass is 289 g/mol. The van der Waals surface area contributed by atoms with Crippen molar-refractivity contribution in [3.05, 3.63) is 52.3 Å². The second-order valence-corrected chi connectivity index (χ2v) is 5.31. The second-order valence-electron chi connectivity index (χ2n) is 4.91. The highest BCUT2D eigenvalue weighted by atomic mass is 35.5. The average Bonchev–Trinajstić information content (AvgIpc) is 2.64. The van der Waals surface area contributed by atoms with Crippen molar-refractivity contribution in [2.75, 3.05) is 5.73 Å². The highest BCUT2D eigenvalue weighted by Gasteiger charge is 2.13. The maximum atomic E-state index is 13.7. The van der Waals surface area contributed by atoms with Gasteiger partial charge >= 0.3 is 0 Å². The fourth-order valence-electron chi connectivity index (χ4n) is 2.44. The first kappa shape index (κ1) is 12.9. The summed E-state index contributed by atoms with van der Waals surface area (Å²) in [4.78, 5) is 4.24. The third-order valence-corrected chi connectivity index (χ3v) is 3.48. The molecule has 0 aliphatic rings. The summed E-state index contributed by atoms with van der Waals surface area (Å²) < 4.78 is 15.4. The highest BCUT2D eigenvalue weighted by molar-refractivity contribution is 6.31. The van der Waals surface area contributed by atoms with Gasteiger partial charge in [0.15, 0.2) is 0 Å². The Morgan fingerprint density at radius 2 is 1.75 bits per heavy atom. The van der Waals surface area contributed by atoms with Gasteiger partial charge in [0.1, 0.15) is 5.82 Å². The maximum absolute atomic E-state index is 13.7. The molecule has 3 rings (SSSR count). The first-order valence-corrected chi connectivity index (χ1v) is 6.55. The van der Waals surface area contributed by atoms with E-state index in [1.165, 1.54) is 12.1 Å². The molecule has 20 heavy (non-hydrogen) atoms. The third kappa shape index (κ3) is 2.02. The van der Waals surface area contributed by atoms with Gasteiger partial charge in [-0.25, -0.2) is 9.37 Å². The van der Waals surface area contributed by atoms with Crippen LogP contribution in [0.1, 0.15) is 11.1 Å². The molecule has 0 bridgehead atoms. The van der Waals surface area contributed by atoms with E-state index in [0.29, 0.717) is 17.0 Å². The van der Waals surface area contributed by atoms with E-state index in [9.17, 15) is 4.39 Å². The van der Waals surface area contributed by atoms with Gasteiger partial charge in [-0.3, -0.25) is 4.57 Å². The summed E-state index contributed by atoms with van der Waals surface area (Å²) in [6, 6.07) is 8.88. The lowest BCUT2D eigenvalue weighted by atomic mass is 10.1. The van der Waals surface area contributed by atoms with Crippen LogP contribution < -0.4 is 5.73 Å². The Morgan fingerprint density at radius 1 is 1.10 bits per heavy atom. The molecule has 0 atom stereocenters. The normalized spacial score (nSPS) is 11.2. The van der Waals surface area contributed by atoms with Crippen LogP contribution in [-0.4, -0.2) is 9.55 Å². The number of hydrogen-bond donors (Lipinski definition) is 1. The van der Waals surface area contributed by atoms with E-state index in [0.717, 1.165) is 16.8 Å². The molecule has 0 spiro atoms. The van der Waals surface area contributed by atoms with Crippen LogP contribution in [-0.2, 0) is 0 Å². The second kappa shape index (κ2) is 4.49. The van der Waals surface area contributed by atoms with Gasteiger partial charge in [-0.1, -0.05) is 17.7 Å². The van der Waals surface area contributed by atoms with Gasteiger partial charge in [-0.05, 0) is 43.2 Å². The van der Waals surface area contributed by atoms with Crippen molar-refractivity contribution in [1.82, 2.24) is 9.55 Å². The van der Waals surface area contributed by atoms with Crippen molar-refractivity contribution < 1.29 is 4.39 Å². The molecule has 2 N–H and O–H groups in total. The van der Waals surface area contributed by atoms with Gasteiger partial charge in [0.25, 0.3) is 0 Å². The number of aromatic nitrogens is 2. The Labute approximate surface area is 120 Å². The highest BCUT2D eigenvalue weighted by Crippen LogP contribution is 2.28. The molecule has 1 aromatic heterocycles. The molecule has 0 aliphatic carbocycles. The summed E-state index contributed by atoms with van der Waals surface area (Å²) >= 11 is 5.78. The predicted molar refractivity (Wildman–Crippen MR) is 79.9 cm³/mol. The number of nitrogen functional groups attached to an aromatic ring is 1. The molecule has 3 nitrogen and oxygen atoms in total. The number of benzene rings is 2. The molecule has 1 heterocycles. The molecule has 0 amide bonds. The van der Waals surface area contributed by atoms with E-state index >= 15 is 0 Å². The smallest absolute Gasteiger partial charge is 0.205 e. The van der Waals surface area contributed by atoms with Crippen LogP contribution in [0.25, 0.3) is 16.7 Å². The standard InChI is InChI=1S/C15H13ClFN3/c1-8-3-9(2)5-10(4-8)20-14-7-12(17)11(16)6-13(14)19-15(20)18/h3-7H,1-2H3,(H2,18,19). The van der Waals surface area contributed by atoms with Crippen LogP contribution in [0.4, 0.5) is 10.3 Å². The Morgan fingerprint density at radius 3 is 2.40 bits per heavy atom. The van der Waals surface area contributed by atoms with Crippen LogP contribution in [0.15, 0.2) is 30.3 Å². The van der Waals surface area contributed by atoms with Crippen molar-refractivity contribution in [2.24, 2.45) is 0 Å². The average molecular weight is 290 g/mol. The maximum Gasteiger partial charge on any atom is 0.205 e. The molecule has 0 unspecified atom stereocenters. The first-order chi connectivity index (χ1) is 9.45. The van der Waals surface area contributed by atoms with Crippen LogP contribution in [0.5, 0.6) is 0 Å². The topological polar surface area (TPSA) is 43.8 Å². The lowest BCUT2D eigenvalue weighted by Gasteiger charge is -2.09. The largest absolute Gasteiger partial charge is 0.369 e. The zero-order chi connectivity index (χ0) is 14.4. The van der Waals surface area contributed by atoms with Gasteiger partial charge in [-0.2, -0.15) is 0 Å². The molecule has 0 saturated carbocycles. The Balaban J connectivity index is 2.35. The molecule has 0 saturated heterocycles. The Hall–Kier alpha value is -2.07. The summed E-state index contributed by atoms with van der Waals surface area (Å²) in [5, 5.41) is 0.0440. The number of rotatable bonds is 1. The van der Waals surface area contributed by atoms with E-state index < -0.39 is 5.82 Å². The molecule has 5 heteroatoms. The van der Waals surface area contributed by atoms with Gasteiger partial charge in [0, 0.05) is 11.8 Å². The van der Waals surface area contributed by atoms with Crippen LogP contribution in [0.2, 0.25) is 5.02 Å². The molecule has 0 aliphatic heterocycles. The van der Waals surface area contributed by atoms with E-state index in [2.05, 4.69) is 11.1 Å². The molecule has 102 valence electrons. The number of hydrogen-bond acceptors (Lipinski definition) is 2. The minimum atomic E-state index is -0.482. The Kier molecular flexibility index (Phi) is 2.91. The summed E-state index contributed by atoms with van der Waals surface area (Å²) in [7, 11) is 0. The van der Waals surface area contributed by atoms with Crippen molar-refractivity contribution in [3.8, 4) is 5.69 Å². The quantitative estimate of drug-likeness (QED) is 0.735. The van der Waals surface area contributed by atoms with Crippen molar-refractivity contribution in [3.63, 3.8) is 0 Å². The number of aryl methyl sites for hydroxylation is 2. The minimum absolute atomic E-state index is 0.0440. The third-order valence-electron chi connectivity index (χ3n) is 3.19. The van der Waals surface area contributed by atoms with Gasteiger partial charge in [0.2, 0.25) is 5.95 Å². The minimum Gasteiger partial charge on any atom is -0.369 e. The summed E-state index contributed by atoms with van der Waals surface area (Å²) in [5.41, 5.74) is 10.2. The molecular formula is C15H13ClFN3. The number of nitrogens with two attached hydrogens (primary N) is 1. The lowest BCUT2D eigenvalue weighted by molar-refractivity contribution is 0.629. The fraction of sp³-hybridized carbons (Fsp3) is 0.133. The van der Waals surface area contributed by atoms with E-state index in [4.69, 9.17) is 17.3 Å². The van der Waals surface area contributed by atoms with Gasteiger partial charge < -0.3 is 5.73 Å². The molecule has 3 aromatic rings. The lowest BCUT2D eigenvalue weighted by Crippen LogP contribution is -2.01. The molecule has 2 aromatic carbocycles. The van der Waals surface area contributed by atoms with Crippen molar-refractivity contribution >= 4 is 28.6 Å². The Bertz CT molecular complexity index is 803. The van der Waals surface area contributed by atoms with Crippen LogP contribution in [0.3, 0.4) is 0 Å². The summed E-state index contributed by atoms with van der Waals surface area (Å²) in [6.45, 7) is 4.01. The summed E-state index contributed by atoms with van der Waals surface area (Å²) in [6.07, 6.45) is 0. The van der Waals surface area contributed by atoms with Crippen LogP contribution >= 0.6 is 11.6 Å².